The third-order valence-corrected chi connectivity index (χ3v) is 5.29. The Labute approximate surface area is 120 Å². The fourth-order valence-electron chi connectivity index (χ4n) is 2.34. The maximum absolute atomic E-state index is 12.3. The summed E-state index contributed by atoms with van der Waals surface area (Å²) in [7, 11) is -0.295. The molecule has 0 N–H and O–H groups in total. The molecule has 0 radical (unpaired) electrons. The van der Waals surface area contributed by atoms with Crippen molar-refractivity contribution in [2.24, 2.45) is 0 Å². The minimum Gasteiger partial charge on any atom is -0.382 e. The first-order valence-electron chi connectivity index (χ1n) is 6.74. The van der Waals surface area contributed by atoms with Gasteiger partial charge in [0.25, 0.3) is 10.2 Å². The van der Waals surface area contributed by atoms with Crippen LogP contribution in [0.4, 0.5) is 0 Å². The second-order valence-corrected chi connectivity index (χ2v) is 7.13. The normalized spacial score (nSPS) is 20.3. The Morgan fingerprint density at radius 2 is 2.25 bits per heavy atom. The Morgan fingerprint density at radius 3 is 2.90 bits per heavy atom. The summed E-state index contributed by atoms with van der Waals surface area (Å²) in [5.74, 6) is 0. The van der Waals surface area contributed by atoms with Crippen molar-refractivity contribution in [3.05, 3.63) is 18.0 Å². The predicted octanol–water partition coefficient (Wildman–Crippen LogP) is 0.473. The molecule has 20 heavy (non-hydrogen) atoms. The Bertz CT molecular complexity index is 541. The van der Waals surface area contributed by atoms with Crippen LogP contribution in [0.2, 0.25) is 0 Å². The van der Waals surface area contributed by atoms with Gasteiger partial charge < -0.3 is 4.74 Å². The monoisotopic (exact) mass is 302 g/mol. The van der Waals surface area contributed by atoms with Crippen molar-refractivity contribution >= 4 is 10.2 Å². The summed E-state index contributed by atoms with van der Waals surface area (Å²) < 4.78 is 34.6. The van der Waals surface area contributed by atoms with Gasteiger partial charge in [0.2, 0.25) is 0 Å². The maximum atomic E-state index is 12.3. The van der Waals surface area contributed by atoms with Gasteiger partial charge in [-0.25, -0.2) is 0 Å². The van der Waals surface area contributed by atoms with Crippen LogP contribution >= 0.6 is 0 Å². The van der Waals surface area contributed by atoms with E-state index < -0.39 is 10.2 Å². The highest BCUT2D eigenvalue weighted by Crippen LogP contribution is 2.25. The van der Waals surface area contributed by atoms with Crippen LogP contribution in [0.1, 0.15) is 25.1 Å². The summed E-state index contributed by atoms with van der Waals surface area (Å²) in [4.78, 5) is 0. The van der Waals surface area contributed by atoms with Crippen molar-refractivity contribution in [1.29, 1.82) is 0 Å². The number of rotatable bonds is 6. The van der Waals surface area contributed by atoms with Gasteiger partial charge in [-0.1, -0.05) is 0 Å². The first kappa shape index (κ1) is 15.4. The lowest BCUT2D eigenvalue weighted by Crippen LogP contribution is -2.46. The van der Waals surface area contributed by atoms with E-state index >= 15 is 0 Å². The van der Waals surface area contributed by atoms with Crippen molar-refractivity contribution in [1.82, 2.24) is 18.4 Å². The molecule has 0 amide bonds. The smallest absolute Gasteiger partial charge is 0.281 e. The second-order valence-electron chi connectivity index (χ2n) is 4.99. The molecule has 114 valence electrons. The van der Waals surface area contributed by atoms with Crippen molar-refractivity contribution in [2.45, 2.75) is 25.9 Å². The minimum atomic E-state index is -3.40. The van der Waals surface area contributed by atoms with Gasteiger partial charge in [0.05, 0.1) is 18.3 Å². The Kier molecular flexibility index (Phi) is 4.79. The first-order valence-corrected chi connectivity index (χ1v) is 8.14. The molecule has 0 aliphatic carbocycles. The molecule has 0 aromatic carbocycles. The molecule has 0 saturated heterocycles. The highest BCUT2D eigenvalue weighted by atomic mass is 32.2. The highest BCUT2D eigenvalue weighted by Gasteiger charge is 2.33. The van der Waals surface area contributed by atoms with E-state index in [2.05, 4.69) is 5.10 Å². The summed E-state index contributed by atoms with van der Waals surface area (Å²) in [6, 6.07) is 1.89. The molecule has 2 rings (SSSR count). The Hall–Kier alpha value is -0.960. The van der Waals surface area contributed by atoms with E-state index in [9.17, 15) is 8.42 Å². The molecule has 1 aromatic heterocycles. The summed E-state index contributed by atoms with van der Waals surface area (Å²) in [5.41, 5.74) is 0.920. The summed E-state index contributed by atoms with van der Waals surface area (Å²) in [5, 5.41) is 4.30. The first-order chi connectivity index (χ1) is 9.46. The van der Waals surface area contributed by atoms with E-state index in [4.69, 9.17) is 4.74 Å². The minimum absolute atomic E-state index is 0.0232. The van der Waals surface area contributed by atoms with Crippen LogP contribution in [-0.4, -0.2) is 60.7 Å². The maximum Gasteiger partial charge on any atom is 0.281 e. The number of hydrogen-bond acceptors (Lipinski definition) is 4. The van der Waals surface area contributed by atoms with Crippen LogP contribution in [0, 0.1) is 0 Å². The van der Waals surface area contributed by atoms with E-state index in [-0.39, 0.29) is 6.04 Å². The number of aromatic nitrogens is 2. The SMILES string of the molecule is CCOCCC1CN(S(=O)(=O)N(C)C)Cc2ccnn21. The largest absolute Gasteiger partial charge is 0.382 e. The molecule has 2 heterocycles. The number of nitrogens with zero attached hydrogens (tertiary/aromatic N) is 4. The number of ether oxygens (including phenoxy) is 1. The van der Waals surface area contributed by atoms with E-state index in [0.29, 0.717) is 26.3 Å². The zero-order valence-electron chi connectivity index (χ0n) is 12.2. The van der Waals surface area contributed by atoms with Gasteiger partial charge in [-0.3, -0.25) is 4.68 Å². The molecular weight excluding hydrogens is 280 g/mol. The van der Waals surface area contributed by atoms with Crippen molar-refractivity contribution < 1.29 is 13.2 Å². The summed E-state index contributed by atoms with van der Waals surface area (Å²) >= 11 is 0. The number of fused-ring (bicyclic) bond motifs is 1. The molecular formula is C12H22N4O3S. The van der Waals surface area contributed by atoms with Crippen LogP contribution in [0.3, 0.4) is 0 Å². The van der Waals surface area contributed by atoms with Gasteiger partial charge in [-0.2, -0.15) is 22.1 Å². The Balaban J connectivity index is 2.18. The van der Waals surface area contributed by atoms with Gasteiger partial charge >= 0.3 is 0 Å². The molecule has 0 fully saturated rings. The average molecular weight is 302 g/mol. The lowest BCUT2D eigenvalue weighted by Gasteiger charge is -2.34. The van der Waals surface area contributed by atoms with Gasteiger partial charge in [-0.05, 0) is 19.4 Å². The zero-order valence-corrected chi connectivity index (χ0v) is 13.0. The van der Waals surface area contributed by atoms with Gasteiger partial charge in [0, 0.05) is 40.1 Å². The van der Waals surface area contributed by atoms with Crippen molar-refractivity contribution in [3.63, 3.8) is 0 Å². The third-order valence-electron chi connectivity index (χ3n) is 3.44. The zero-order chi connectivity index (χ0) is 14.8. The molecule has 1 atom stereocenters. The molecule has 1 aromatic rings. The van der Waals surface area contributed by atoms with E-state index in [1.54, 1.807) is 20.3 Å². The van der Waals surface area contributed by atoms with Crippen LogP contribution in [0.25, 0.3) is 0 Å². The van der Waals surface area contributed by atoms with Gasteiger partial charge in [-0.15, -0.1) is 0 Å². The quantitative estimate of drug-likeness (QED) is 0.717. The fourth-order valence-corrected chi connectivity index (χ4v) is 3.46. The van der Waals surface area contributed by atoms with E-state index in [0.717, 1.165) is 12.1 Å². The highest BCUT2D eigenvalue weighted by molar-refractivity contribution is 7.86. The van der Waals surface area contributed by atoms with Crippen LogP contribution in [0.5, 0.6) is 0 Å². The molecule has 1 aliphatic heterocycles. The lowest BCUT2D eigenvalue weighted by molar-refractivity contribution is 0.120. The average Bonchev–Trinajstić information content (AvgIpc) is 2.87. The van der Waals surface area contributed by atoms with Crippen molar-refractivity contribution in [3.8, 4) is 0 Å². The van der Waals surface area contributed by atoms with Crippen LogP contribution in [-0.2, 0) is 21.5 Å². The Morgan fingerprint density at radius 1 is 1.50 bits per heavy atom. The second kappa shape index (κ2) is 6.21. The topological polar surface area (TPSA) is 67.7 Å². The summed E-state index contributed by atoms with van der Waals surface area (Å²) in [6.07, 6.45) is 2.47. The fraction of sp³-hybridized carbons (Fsp3) is 0.750. The standard InChI is InChI=1S/C12H22N4O3S/c1-4-19-8-6-12-10-15(20(17,18)14(2)3)9-11-5-7-13-16(11)12/h5,7,12H,4,6,8-10H2,1-3H3. The number of hydrogen-bond donors (Lipinski definition) is 0. The van der Waals surface area contributed by atoms with Crippen molar-refractivity contribution in [2.75, 3.05) is 33.9 Å². The molecule has 1 unspecified atom stereocenters. The van der Waals surface area contributed by atoms with Crippen LogP contribution < -0.4 is 0 Å². The van der Waals surface area contributed by atoms with E-state index in [1.807, 2.05) is 17.7 Å². The third kappa shape index (κ3) is 3.03. The van der Waals surface area contributed by atoms with Gasteiger partial charge in [0.15, 0.2) is 0 Å². The van der Waals surface area contributed by atoms with E-state index in [1.165, 1.54) is 8.61 Å². The lowest BCUT2D eigenvalue weighted by atomic mass is 10.1. The summed E-state index contributed by atoms with van der Waals surface area (Å²) in [6.45, 7) is 4.02. The van der Waals surface area contributed by atoms with Crippen LogP contribution in [0.15, 0.2) is 12.3 Å². The molecule has 8 heteroatoms. The molecule has 0 spiro atoms. The molecule has 0 bridgehead atoms. The predicted molar refractivity (Wildman–Crippen MR) is 75.4 cm³/mol. The molecule has 1 aliphatic rings. The molecule has 7 nitrogen and oxygen atoms in total. The van der Waals surface area contributed by atoms with Gasteiger partial charge in [0.1, 0.15) is 0 Å². The molecule has 0 saturated carbocycles.